The molecule has 0 spiro atoms. The molecule has 0 radical (unpaired) electrons. The Balaban J connectivity index is 1.65. The Morgan fingerprint density at radius 2 is 1.88 bits per heavy atom. The summed E-state index contributed by atoms with van der Waals surface area (Å²) in [6.45, 7) is 1.86. The summed E-state index contributed by atoms with van der Waals surface area (Å²) in [4.78, 5) is 41.5. The molecular weight excluding hydrogens is 342 g/mol. The van der Waals surface area contributed by atoms with Crippen LogP contribution in [-0.2, 0) is 11.3 Å². The standard InChI is InChI=1S/C17H17N3O6/c21-15(19-3-5-24-6-4-19)12-8-18-17(23)20(16(12)22)9-11-1-2-13-14(7-11)26-10-25-13/h1-2,7-8H,3-6,9-10H2,(H,18,23). The van der Waals surface area contributed by atoms with Crippen molar-refractivity contribution in [3.63, 3.8) is 0 Å². The fraction of sp³-hybridized carbons (Fsp3) is 0.353. The largest absolute Gasteiger partial charge is 0.454 e. The minimum Gasteiger partial charge on any atom is -0.454 e. The maximum atomic E-state index is 12.7. The highest BCUT2D eigenvalue weighted by atomic mass is 16.7. The summed E-state index contributed by atoms with van der Waals surface area (Å²) in [5.41, 5.74) is -0.570. The van der Waals surface area contributed by atoms with E-state index in [9.17, 15) is 14.4 Å². The molecule has 1 saturated heterocycles. The second-order valence-corrected chi connectivity index (χ2v) is 5.99. The number of fused-ring (bicyclic) bond motifs is 1. The lowest BCUT2D eigenvalue weighted by Crippen LogP contribution is -2.45. The highest BCUT2D eigenvalue weighted by Crippen LogP contribution is 2.32. The van der Waals surface area contributed by atoms with Gasteiger partial charge in [0.05, 0.1) is 19.8 Å². The molecule has 9 nitrogen and oxygen atoms in total. The summed E-state index contributed by atoms with van der Waals surface area (Å²) in [5.74, 6) is 0.771. The van der Waals surface area contributed by atoms with Crippen LogP contribution in [0.15, 0.2) is 34.0 Å². The van der Waals surface area contributed by atoms with Crippen LogP contribution in [0.5, 0.6) is 11.5 Å². The smallest absolute Gasteiger partial charge is 0.328 e. The van der Waals surface area contributed by atoms with Crippen LogP contribution >= 0.6 is 0 Å². The van der Waals surface area contributed by atoms with Crippen LogP contribution in [0.1, 0.15) is 15.9 Å². The third-order valence-corrected chi connectivity index (χ3v) is 4.37. The first-order valence-corrected chi connectivity index (χ1v) is 8.21. The highest BCUT2D eigenvalue weighted by Gasteiger charge is 2.23. The van der Waals surface area contributed by atoms with E-state index in [1.807, 2.05) is 0 Å². The molecule has 1 amide bonds. The molecule has 2 aliphatic heterocycles. The van der Waals surface area contributed by atoms with Crippen molar-refractivity contribution >= 4 is 5.91 Å². The molecule has 0 saturated carbocycles. The van der Waals surface area contributed by atoms with Gasteiger partial charge in [0, 0.05) is 19.3 Å². The molecule has 4 rings (SSSR count). The zero-order valence-electron chi connectivity index (χ0n) is 13.9. The number of benzene rings is 1. The molecule has 1 aromatic heterocycles. The number of hydrogen-bond acceptors (Lipinski definition) is 6. The Morgan fingerprint density at radius 1 is 1.12 bits per heavy atom. The predicted molar refractivity (Wildman–Crippen MR) is 89.7 cm³/mol. The Morgan fingerprint density at radius 3 is 2.69 bits per heavy atom. The van der Waals surface area contributed by atoms with Gasteiger partial charge in [-0.15, -0.1) is 0 Å². The van der Waals surface area contributed by atoms with Gasteiger partial charge in [-0.25, -0.2) is 4.79 Å². The van der Waals surface area contributed by atoms with Gasteiger partial charge < -0.3 is 24.1 Å². The van der Waals surface area contributed by atoms with Crippen LogP contribution in [0, 0.1) is 0 Å². The molecule has 1 aromatic carbocycles. The topological polar surface area (TPSA) is 103 Å². The first kappa shape index (κ1) is 16.4. The molecule has 0 bridgehead atoms. The maximum Gasteiger partial charge on any atom is 0.328 e. The van der Waals surface area contributed by atoms with E-state index in [2.05, 4.69) is 4.98 Å². The van der Waals surface area contributed by atoms with Crippen molar-refractivity contribution in [2.24, 2.45) is 0 Å². The lowest BCUT2D eigenvalue weighted by atomic mass is 10.2. The average Bonchev–Trinajstić information content (AvgIpc) is 3.13. The first-order valence-electron chi connectivity index (χ1n) is 8.21. The summed E-state index contributed by atoms with van der Waals surface area (Å²) >= 11 is 0. The van der Waals surface area contributed by atoms with Gasteiger partial charge in [0.1, 0.15) is 5.56 Å². The number of carbonyl (C=O) groups excluding carboxylic acids is 1. The number of amides is 1. The van der Waals surface area contributed by atoms with Gasteiger partial charge in [-0.3, -0.25) is 14.2 Å². The quantitative estimate of drug-likeness (QED) is 0.813. The lowest BCUT2D eigenvalue weighted by molar-refractivity contribution is 0.0301. The third-order valence-electron chi connectivity index (χ3n) is 4.37. The van der Waals surface area contributed by atoms with Gasteiger partial charge in [-0.2, -0.15) is 0 Å². The van der Waals surface area contributed by atoms with Gasteiger partial charge >= 0.3 is 5.69 Å². The normalized spacial score (nSPS) is 15.9. The van der Waals surface area contributed by atoms with E-state index in [-0.39, 0.29) is 18.9 Å². The summed E-state index contributed by atoms with van der Waals surface area (Å²) in [5, 5.41) is 0. The molecule has 2 aliphatic rings. The Hall–Kier alpha value is -3.07. The van der Waals surface area contributed by atoms with E-state index in [4.69, 9.17) is 14.2 Å². The summed E-state index contributed by atoms with van der Waals surface area (Å²) < 4.78 is 16.8. The molecule has 3 heterocycles. The van der Waals surface area contributed by atoms with Crippen LogP contribution < -0.4 is 20.7 Å². The molecule has 26 heavy (non-hydrogen) atoms. The van der Waals surface area contributed by atoms with Gasteiger partial charge in [0.25, 0.3) is 11.5 Å². The van der Waals surface area contributed by atoms with Crippen molar-refractivity contribution < 1.29 is 19.0 Å². The van der Waals surface area contributed by atoms with Gasteiger partial charge in [0.2, 0.25) is 6.79 Å². The van der Waals surface area contributed by atoms with E-state index < -0.39 is 17.2 Å². The Kier molecular flexibility index (Phi) is 4.21. The molecule has 0 atom stereocenters. The molecule has 1 fully saturated rings. The number of aromatic nitrogens is 2. The number of rotatable bonds is 3. The fourth-order valence-corrected chi connectivity index (χ4v) is 2.97. The lowest BCUT2D eigenvalue weighted by Gasteiger charge is -2.26. The van der Waals surface area contributed by atoms with E-state index >= 15 is 0 Å². The van der Waals surface area contributed by atoms with Gasteiger partial charge in [-0.05, 0) is 17.7 Å². The van der Waals surface area contributed by atoms with E-state index in [1.165, 1.54) is 6.20 Å². The number of nitrogens with zero attached hydrogens (tertiary/aromatic N) is 2. The Bertz CT molecular complexity index is 958. The molecule has 0 aliphatic carbocycles. The van der Waals surface area contributed by atoms with E-state index in [1.54, 1.807) is 23.1 Å². The third kappa shape index (κ3) is 2.97. The monoisotopic (exact) mass is 359 g/mol. The van der Waals surface area contributed by atoms with Crippen LogP contribution in [0.2, 0.25) is 0 Å². The van der Waals surface area contributed by atoms with Crippen LogP contribution in [0.25, 0.3) is 0 Å². The van der Waals surface area contributed by atoms with Gasteiger partial charge in [0.15, 0.2) is 11.5 Å². The second kappa shape index (κ2) is 6.68. The van der Waals surface area contributed by atoms with Gasteiger partial charge in [-0.1, -0.05) is 6.07 Å². The fourth-order valence-electron chi connectivity index (χ4n) is 2.97. The zero-order valence-corrected chi connectivity index (χ0v) is 13.9. The Labute approximate surface area is 147 Å². The van der Waals surface area contributed by atoms with Crippen molar-refractivity contribution in [2.45, 2.75) is 6.54 Å². The highest BCUT2D eigenvalue weighted by molar-refractivity contribution is 5.93. The minimum absolute atomic E-state index is 0.0229. The number of carbonyl (C=O) groups is 1. The first-order chi connectivity index (χ1) is 12.6. The van der Waals surface area contributed by atoms with Crippen LogP contribution in [0.3, 0.4) is 0 Å². The molecule has 1 N–H and O–H groups in total. The van der Waals surface area contributed by atoms with Crippen molar-refractivity contribution in [3.05, 3.63) is 56.4 Å². The minimum atomic E-state index is -0.622. The number of ether oxygens (including phenoxy) is 3. The second-order valence-electron chi connectivity index (χ2n) is 5.99. The van der Waals surface area contributed by atoms with Crippen LogP contribution in [-0.4, -0.2) is 53.5 Å². The molecule has 0 unspecified atom stereocenters. The van der Waals surface area contributed by atoms with Crippen molar-refractivity contribution in [3.8, 4) is 11.5 Å². The number of morpholine rings is 1. The van der Waals surface area contributed by atoms with Crippen molar-refractivity contribution in [1.29, 1.82) is 0 Å². The summed E-state index contributed by atoms with van der Waals surface area (Å²) in [7, 11) is 0. The van der Waals surface area contributed by atoms with Crippen molar-refractivity contribution in [2.75, 3.05) is 33.1 Å². The zero-order chi connectivity index (χ0) is 18.1. The SMILES string of the molecule is O=C(c1c[nH]c(=O)n(Cc2ccc3c(c2)OCO3)c1=O)N1CCOCC1. The molecule has 136 valence electrons. The predicted octanol–water partition coefficient (Wildman–Crippen LogP) is -0.214. The molecule has 9 heteroatoms. The van der Waals surface area contributed by atoms with E-state index in [0.717, 1.165) is 4.57 Å². The van der Waals surface area contributed by atoms with Crippen molar-refractivity contribution in [1.82, 2.24) is 14.5 Å². The average molecular weight is 359 g/mol. The number of nitrogens with one attached hydrogen (secondary N) is 1. The van der Waals surface area contributed by atoms with Crippen LogP contribution in [0.4, 0.5) is 0 Å². The summed E-state index contributed by atoms with van der Waals surface area (Å²) in [6.07, 6.45) is 1.18. The molecule has 2 aromatic rings. The summed E-state index contributed by atoms with van der Waals surface area (Å²) in [6, 6.07) is 5.18. The maximum absolute atomic E-state index is 12.7. The molecular formula is C17H17N3O6. The van der Waals surface area contributed by atoms with E-state index in [0.29, 0.717) is 43.4 Å². The number of hydrogen-bond donors (Lipinski definition) is 1. The number of aromatic amines is 1. The number of H-pyrrole nitrogens is 1.